The number of para-hydroxylation sites is 1. The van der Waals surface area contributed by atoms with Gasteiger partial charge in [0.05, 0.1) is 12.0 Å². The minimum Gasteiger partial charge on any atom is -0.507 e. The maximum atomic E-state index is 12.5. The number of phenolic OH excluding ortho intramolecular Hbond substituents is 1. The second-order valence-corrected chi connectivity index (χ2v) is 9.29. The van der Waals surface area contributed by atoms with Crippen LogP contribution in [0.15, 0.2) is 89.6 Å². The number of hydrazone groups is 1. The van der Waals surface area contributed by atoms with Gasteiger partial charge in [-0.15, -0.1) is 16.8 Å². The number of amides is 1. The number of thioether (sulfide) groups is 1. The summed E-state index contributed by atoms with van der Waals surface area (Å²) in [7, 11) is 0. The van der Waals surface area contributed by atoms with Crippen LogP contribution in [-0.2, 0) is 11.2 Å². The molecule has 0 aliphatic rings. The molecule has 4 aromatic rings. The predicted molar refractivity (Wildman–Crippen MR) is 145 cm³/mol. The van der Waals surface area contributed by atoms with E-state index in [0.29, 0.717) is 28.0 Å². The van der Waals surface area contributed by atoms with Crippen LogP contribution in [0, 0.1) is 6.92 Å². The Hall–Kier alpha value is -3.88. The van der Waals surface area contributed by atoms with Crippen LogP contribution < -0.4 is 5.43 Å². The minimum atomic E-state index is -0.315. The number of aromatic hydroxyl groups is 1. The molecule has 0 saturated carbocycles. The quantitative estimate of drug-likeness (QED) is 0.131. The molecule has 1 heterocycles. The first-order chi connectivity index (χ1) is 17.5. The van der Waals surface area contributed by atoms with Gasteiger partial charge in [0, 0.05) is 21.8 Å². The standard InChI is InChI=1S/C27H24ClN5O2S/c1-3-5-19-6-4-7-21(25(19)35)16-29-30-24(34)17-36-27-32-31-26(20-10-12-22(28)13-11-20)33(27)23-14-8-18(2)9-15-23/h3-4,6-16,35H,1,5,17H2,2H3,(H,30,34). The summed E-state index contributed by atoms with van der Waals surface area (Å²) in [6, 6.07) is 20.7. The van der Waals surface area contributed by atoms with E-state index in [9.17, 15) is 9.90 Å². The fraction of sp³-hybridized carbons (Fsp3) is 0.111. The molecule has 1 amide bonds. The van der Waals surface area contributed by atoms with Gasteiger partial charge >= 0.3 is 0 Å². The Balaban J connectivity index is 1.49. The summed E-state index contributed by atoms with van der Waals surface area (Å²) in [5.74, 6) is 0.520. The van der Waals surface area contributed by atoms with Crippen molar-refractivity contribution in [3.63, 3.8) is 0 Å². The first-order valence-corrected chi connectivity index (χ1v) is 12.5. The van der Waals surface area contributed by atoms with E-state index in [4.69, 9.17) is 11.6 Å². The van der Waals surface area contributed by atoms with Crippen molar-refractivity contribution in [1.29, 1.82) is 0 Å². The number of hydrogen-bond donors (Lipinski definition) is 2. The molecule has 36 heavy (non-hydrogen) atoms. The predicted octanol–water partition coefficient (Wildman–Crippen LogP) is 5.57. The molecule has 0 radical (unpaired) electrons. The SMILES string of the molecule is C=CCc1cccc(C=NNC(=O)CSc2nnc(-c3ccc(Cl)cc3)n2-c2ccc(C)cc2)c1O. The zero-order chi connectivity index (χ0) is 25.5. The number of nitrogens with zero attached hydrogens (tertiary/aromatic N) is 4. The van der Waals surface area contributed by atoms with Crippen molar-refractivity contribution >= 4 is 35.5 Å². The van der Waals surface area contributed by atoms with Gasteiger partial charge in [-0.25, -0.2) is 5.43 Å². The smallest absolute Gasteiger partial charge is 0.250 e. The number of carbonyl (C=O) groups is 1. The van der Waals surface area contributed by atoms with E-state index in [1.54, 1.807) is 24.3 Å². The van der Waals surface area contributed by atoms with Crippen molar-refractivity contribution < 1.29 is 9.90 Å². The number of rotatable bonds is 9. The van der Waals surface area contributed by atoms with Crippen molar-refractivity contribution in [3.05, 3.63) is 101 Å². The van der Waals surface area contributed by atoms with E-state index in [-0.39, 0.29) is 17.4 Å². The highest BCUT2D eigenvalue weighted by Crippen LogP contribution is 2.29. The topological polar surface area (TPSA) is 92.4 Å². The highest BCUT2D eigenvalue weighted by molar-refractivity contribution is 7.99. The Bertz CT molecular complexity index is 1400. The summed E-state index contributed by atoms with van der Waals surface area (Å²) in [6.07, 6.45) is 3.66. The number of aromatic nitrogens is 3. The molecule has 9 heteroatoms. The molecule has 182 valence electrons. The summed E-state index contributed by atoms with van der Waals surface area (Å²) in [4.78, 5) is 12.5. The lowest BCUT2D eigenvalue weighted by Crippen LogP contribution is -2.20. The van der Waals surface area contributed by atoms with E-state index in [1.165, 1.54) is 18.0 Å². The van der Waals surface area contributed by atoms with Gasteiger partial charge in [-0.05, 0) is 61.4 Å². The number of carbonyl (C=O) groups excluding carboxylic acids is 1. The third-order valence-electron chi connectivity index (χ3n) is 5.27. The van der Waals surface area contributed by atoms with Crippen LogP contribution in [0.4, 0.5) is 0 Å². The molecule has 0 saturated heterocycles. The Morgan fingerprint density at radius 1 is 1.14 bits per heavy atom. The summed E-state index contributed by atoms with van der Waals surface area (Å²) in [5, 5.41) is 24.2. The third kappa shape index (κ3) is 6.02. The van der Waals surface area contributed by atoms with Gasteiger partial charge in [0.2, 0.25) is 0 Å². The van der Waals surface area contributed by atoms with Crippen LogP contribution in [0.2, 0.25) is 5.02 Å². The minimum absolute atomic E-state index is 0.0738. The van der Waals surface area contributed by atoms with E-state index in [2.05, 4.69) is 27.3 Å². The van der Waals surface area contributed by atoms with Crippen molar-refractivity contribution in [2.75, 3.05) is 5.75 Å². The van der Waals surface area contributed by atoms with Crippen LogP contribution >= 0.6 is 23.4 Å². The molecule has 3 aromatic carbocycles. The summed E-state index contributed by atoms with van der Waals surface area (Å²) < 4.78 is 1.91. The number of nitrogens with one attached hydrogen (secondary N) is 1. The fourth-order valence-electron chi connectivity index (χ4n) is 3.45. The van der Waals surface area contributed by atoms with Gasteiger partial charge in [0.1, 0.15) is 5.75 Å². The normalized spacial score (nSPS) is 11.1. The average molecular weight is 518 g/mol. The molecule has 0 atom stereocenters. The molecule has 0 aliphatic carbocycles. The van der Waals surface area contributed by atoms with Gasteiger partial charge in [0.15, 0.2) is 11.0 Å². The van der Waals surface area contributed by atoms with Crippen LogP contribution in [0.3, 0.4) is 0 Å². The van der Waals surface area contributed by atoms with Crippen LogP contribution in [0.25, 0.3) is 17.1 Å². The Morgan fingerprint density at radius 3 is 2.61 bits per heavy atom. The Labute approximate surface area is 218 Å². The molecule has 2 N–H and O–H groups in total. The molecular formula is C27H24ClN5O2S. The maximum Gasteiger partial charge on any atom is 0.250 e. The van der Waals surface area contributed by atoms with Crippen molar-refractivity contribution in [1.82, 2.24) is 20.2 Å². The Kier molecular flexibility index (Phi) is 8.20. The zero-order valence-electron chi connectivity index (χ0n) is 19.6. The molecule has 0 unspecified atom stereocenters. The molecule has 0 bridgehead atoms. The monoisotopic (exact) mass is 517 g/mol. The third-order valence-corrected chi connectivity index (χ3v) is 6.45. The number of halogens is 1. The lowest BCUT2D eigenvalue weighted by Gasteiger charge is -2.10. The molecule has 0 spiro atoms. The van der Waals surface area contributed by atoms with E-state index in [1.807, 2.05) is 60.0 Å². The molecule has 0 aliphatic heterocycles. The fourth-order valence-corrected chi connectivity index (χ4v) is 4.32. The van der Waals surface area contributed by atoms with Gasteiger partial charge in [0.25, 0.3) is 5.91 Å². The van der Waals surface area contributed by atoms with Crippen LogP contribution in [0.1, 0.15) is 16.7 Å². The lowest BCUT2D eigenvalue weighted by atomic mass is 10.1. The summed E-state index contributed by atoms with van der Waals surface area (Å²) in [5.41, 5.74) is 6.61. The van der Waals surface area contributed by atoms with Gasteiger partial charge in [-0.2, -0.15) is 5.10 Å². The number of hydrogen-bond acceptors (Lipinski definition) is 6. The highest BCUT2D eigenvalue weighted by Gasteiger charge is 2.17. The lowest BCUT2D eigenvalue weighted by molar-refractivity contribution is -0.118. The number of benzene rings is 3. The van der Waals surface area contributed by atoms with Crippen LogP contribution in [0.5, 0.6) is 5.75 Å². The number of allylic oxidation sites excluding steroid dienone is 1. The average Bonchev–Trinajstić information content (AvgIpc) is 3.30. The molecule has 4 rings (SSSR count). The van der Waals surface area contributed by atoms with Crippen molar-refractivity contribution in [3.8, 4) is 22.8 Å². The van der Waals surface area contributed by atoms with E-state index >= 15 is 0 Å². The summed E-state index contributed by atoms with van der Waals surface area (Å²) in [6.45, 7) is 5.71. The second-order valence-electron chi connectivity index (χ2n) is 7.91. The van der Waals surface area contributed by atoms with Gasteiger partial charge in [-0.1, -0.05) is 59.3 Å². The van der Waals surface area contributed by atoms with Crippen LogP contribution in [-0.4, -0.2) is 37.7 Å². The maximum absolute atomic E-state index is 12.5. The first-order valence-electron chi connectivity index (χ1n) is 11.1. The van der Waals surface area contributed by atoms with Crippen molar-refractivity contribution in [2.45, 2.75) is 18.5 Å². The number of aryl methyl sites for hydroxylation is 1. The summed E-state index contributed by atoms with van der Waals surface area (Å²) >= 11 is 7.30. The number of phenols is 1. The molecule has 7 nitrogen and oxygen atoms in total. The van der Waals surface area contributed by atoms with Crippen molar-refractivity contribution in [2.24, 2.45) is 5.10 Å². The molecule has 1 aromatic heterocycles. The molecular weight excluding hydrogens is 494 g/mol. The Morgan fingerprint density at radius 2 is 1.89 bits per heavy atom. The second kappa shape index (κ2) is 11.7. The first kappa shape index (κ1) is 25.2. The van der Waals surface area contributed by atoms with E-state index < -0.39 is 0 Å². The molecule has 0 fully saturated rings. The highest BCUT2D eigenvalue weighted by atomic mass is 35.5. The zero-order valence-corrected chi connectivity index (χ0v) is 21.1. The van der Waals surface area contributed by atoms with E-state index in [0.717, 1.165) is 22.4 Å². The van der Waals surface area contributed by atoms with Gasteiger partial charge in [-0.3, -0.25) is 9.36 Å². The largest absolute Gasteiger partial charge is 0.507 e. The van der Waals surface area contributed by atoms with Gasteiger partial charge < -0.3 is 5.11 Å².